The molecule has 0 aliphatic carbocycles. The molecule has 3 atom stereocenters. The summed E-state index contributed by atoms with van der Waals surface area (Å²) in [7, 11) is 0. The number of nitrogens with one attached hydrogen (secondary N) is 1. The van der Waals surface area contributed by atoms with Crippen molar-refractivity contribution in [1.82, 2.24) is 14.8 Å². The van der Waals surface area contributed by atoms with E-state index < -0.39 is 70.1 Å². The Morgan fingerprint density at radius 2 is 1.82 bits per heavy atom. The van der Waals surface area contributed by atoms with Crippen molar-refractivity contribution in [3.63, 3.8) is 0 Å². The van der Waals surface area contributed by atoms with Crippen LogP contribution in [0, 0.1) is 17.5 Å². The van der Waals surface area contributed by atoms with Gasteiger partial charge in [0.05, 0.1) is 6.04 Å². The highest BCUT2D eigenvalue weighted by molar-refractivity contribution is 5.99. The lowest BCUT2D eigenvalue weighted by atomic mass is 9.93. The normalized spacial score (nSPS) is 21.6. The molecule has 3 unspecified atom stereocenters. The summed E-state index contributed by atoms with van der Waals surface area (Å²) in [6.45, 7) is 2.64. The average molecular weight is 554 g/mol. The standard InChI is InChI=1S/C29H26F3N3O5/c1-16-8-9-29(2,39)23-14-34(16)28(38)24-26(40-15-17-6-4-3-5-7-17)25(36)20(13-35(23)24)27(37)33-12-19-21(31)10-18(30)11-22(19)32/h3-11,13,16,23,39H,12,14-15H2,1-2H3,(H,33,37). The van der Waals surface area contributed by atoms with Crippen LogP contribution in [0.4, 0.5) is 13.2 Å². The lowest BCUT2D eigenvalue weighted by Crippen LogP contribution is -2.52. The zero-order valence-electron chi connectivity index (χ0n) is 21.7. The Labute approximate surface area is 227 Å². The number of nitrogens with zero attached hydrogens (tertiary/aromatic N) is 2. The Morgan fingerprint density at radius 1 is 1.15 bits per heavy atom. The zero-order valence-corrected chi connectivity index (χ0v) is 21.7. The van der Waals surface area contributed by atoms with Gasteiger partial charge in [-0.25, -0.2) is 13.2 Å². The molecule has 0 spiro atoms. The van der Waals surface area contributed by atoms with Crippen LogP contribution >= 0.6 is 0 Å². The Morgan fingerprint density at radius 3 is 2.50 bits per heavy atom. The van der Waals surface area contributed by atoms with Gasteiger partial charge in [0.2, 0.25) is 5.43 Å². The number of benzene rings is 2. The van der Waals surface area contributed by atoms with Crippen molar-refractivity contribution >= 4 is 11.8 Å². The van der Waals surface area contributed by atoms with Crippen LogP contribution in [-0.4, -0.2) is 44.6 Å². The van der Waals surface area contributed by atoms with Gasteiger partial charge in [0.1, 0.15) is 35.2 Å². The van der Waals surface area contributed by atoms with Crippen LogP contribution in [-0.2, 0) is 13.2 Å². The molecule has 1 aromatic heterocycles. The minimum atomic E-state index is -1.47. The molecule has 2 bridgehead atoms. The van der Waals surface area contributed by atoms with E-state index >= 15 is 0 Å². The Bertz CT molecular complexity index is 1560. The minimum Gasteiger partial charge on any atom is -0.483 e. The lowest BCUT2D eigenvalue weighted by molar-refractivity contribution is 0.0202. The van der Waals surface area contributed by atoms with Gasteiger partial charge in [0.15, 0.2) is 11.4 Å². The number of amides is 2. The number of fused-ring (bicyclic) bond motifs is 4. The molecule has 2 aliphatic heterocycles. The molecule has 11 heteroatoms. The van der Waals surface area contributed by atoms with Crippen LogP contribution in [0.25, 0.3) is 0 Å². The molecule has 0 fully saturated rings. The summed E-state index contributed by atoms with van der Waals surface area (Å²) in [5.74, 6) is -5.43. The van der Waals surface area contributed by atoms with Gasteiger partial charge in [-0.05, 0) is 19.4 Å². The molecular weight excluding hydrogens is 527 g/mol. The predicted octanol–water partition coefficient (Wildman–Crippen LogP) is 3.48. The first-order chi connectivity index (χ1) is 19.0. The first kappa shape index (κ1) is 27.2. The smallest absolute Gasteiger partial charge is 0.275 e. The van der Waals surface area contributed by atoms with Gasteiger partial charge in [-0.1, -0.05) is 42.5 Å². The summed E-state index contributed by atoms with van der Waals surface area (Å²) < 4.78 is 48.8. The van der Waals surface area contributed by atoms with Crippen molar-refractivity contribution in [2.75, 3.05) is 6.54 Å². The molecule has 3 aromatic rings. The number of halogens is 3. The van der Waals surface area contributed by atoms with Crippen LogP contribution in [0.15, 0.2) is 65.6 Å². The van der Waals surface area contributed by atoms with Crippen LogP contribution in [0.3, 0.4) is 0 Å². The third-order valence-corrected chi connectivity index (χ3v) is 7.24. The van der Waals surface area contributed by atoms with E-state index in [-0.39, 0.29) is 24.6 Å². The van der Waals surface area contributed by atoms with E-state index in [4.69, 9.17) is 4.74 Å². The minimum absolute atomic E-state index is 0.0844. The number of rotatable bonds is 6. The largest absolute Gasteiger partial charge is 0.483 e. The molecule has 5 rings (SSSR count). The monoisotopic (exact) mass is 553 g/mol. The fraction of sp³-hybridized carbons (Fsp3) is 0.276. The second kappa shape index (κ2) is 10.3. The Balaban J connectivity index is 1.59. The van der Waals surface area contributed by atoms with Crippen molar-refractivity contribution in [1.29, 1.82) is 0 Å². The summed E-state index contributed by atoms with van der Waals surface area (Å²) in [5.41, 5.74) is -2.87. The highest BCUT2D eigenvalue weighted by Crippen LogP contribution is 2.37. The van der Waals surface area contributed by atoms with E-state index in [0.29, 0.717) is 17.7 Å². The van der Waals surface area contributed by atoms with Crippen molar-refractivity contribution in [2.45, 2.75) is 44.7 Å². The van der Waals surface area contributed by atoms with Gasteiger partial charge >= 0.3 is 0 Å². The van der Waals surface area contributed by atoms with E-state index in [9.17, 15) is 32.7 Å². The van der Waals surface area contributed by atoms with E-state index in [0.717, 1.165) is 6.20 Å². The number of hydrogen-bond acceptors (Lipinski definition) is 5. The second-order valence-electron chi connectivity index (χ2n) is 10.1. The molecule has 3 heterocycles. The second-order valence-corrected chi connectivity index (χ2v) is 10.1. The first-order valence-corrected chi connectivity index (χ1v) is 12.6. The third-order valence-electron chi connectivity index (χ3n) is 7.24. The molecule has 2 amide bonds. The topological polar surface area (TPSA) is 101 Å². The molecule has 40 heavy (non-hydrogen) atoms. The number of hydrogen-bond donors (Lipinski definition) is 2. The summed E-state index contributed by atoms with van der Waals surface area (Å²) >= 11 is 0. The molecule has 0 radical (unpaired) electrons. The molecule has 8 nitrogen and oxygen atoms in total. The van der Waals surface area contributed by atoms with E-state index in [1.807, 2.05) is 0 Å². The van der Waals surface area contributed by atoms with Crippen LogP contribution in [0.1, 0.15) is 51.9 Å². The number of carbonyl (C=O) groups is 2. The quantitative estimate of drug-likeness (QED) is 0.456. The van der Waals surface area contributed by atoms with Gasteiger partial charge in [-0.2, -0.15) is 0 Å². The first-order valence-electron chi connectivity index (χ1n) is 12.6. The van der Waals surface area contributed by atoms with E-state index in [1.165, 1.54) is 9.47 Å². The molecule has 0 saturated heterocycles. The molecule has 2 aromatic carbocycles. The molecule has 208 valence electrons. The highest BCUT2D eigenvalue weighted by Gasteiger charge is 2.45. The summed E-state index contributed by atoms with van der Waals surface area (Å²) in [5, 5.41) is 13.6. The summed E-state index contributed by atoms with van der Waals surface area (Å²) in [6.07, 6.45) is 4.40. The maximum absolute atomic E-state index is 14.1. The van der Waals surface area contributed by atoms with Crippen molar-refractivity contribution in [3.8, 4) is 5.75 Å². The van der Waals surface area contributed by atoms with Crippen LogP contribution in [0.2, 0.25) is 0 Å². The van der Waals surface area contributed by atoms with Gasteiger partial charge < -0.3 is 24.6 Å². The number of aromatic nitrogens is 1. The van der Waals surface area contributed by atoms with Crippen molar-refractivity contribution in [3.05, 3.63) is 111 Å². The molecule has 2 N–H and O–H groups in total. The fourth-order valence-corrected chi connectivity index (χ4v) is 4.95. The van der Waals surface area contributed by atoms with Gasteiger partial charge in [0, 0.05) is 43.0 Å². The maximum Gasteiger partial charge on any atom is 0.275 e. The van der Waals surface area contributed by atoms with E-state index in [2.05, 4.69) is 5.32 Å². The van der Waals surface area contributed by atoms with Crippen LogP contribution < -0.4 is 15.5 Å². The van der Waals surface area contributed by atoms with Crippen molar-refractivity contribution in [2.24, 2.45) is 0 Å². The maximum atomic E-state index is 14.1. The average Bonchev–Trinajstić information content (AvgIpc) is 3.01. The lowest BCUT2D eigenvalue weighted by Gasteiger charge is -2.41. The number of ether oxygens (including phenoxy) is 1. The molecule has 2 aliphatic rings. The number of pyridine rings is 1. The van der Waals surface area contributed by atoms with Crippen molar-refractivity contribution < 1.29 is 32.6 Å². The third kappa shape index (κ3) is 4.88. The predicted molar refractivity (Wildman–Crippen MR) is 138 cm³/mol. The Hall–Kier alpha value is -4.38. The number of aliphatic hydroxyl groups is 1. The molecule has 0 saturated carbocycles. The summed E-state index contributed by atoms with van der Waals surface area (Å²) in [6, 6.07) is 8.64. The van der Waals surface area contributed by atoms with Gasteiger partial charge in [-0.3, -0.25) is 14.4 Å². The van der Waals surface area contributed by atoms with Gasteiger partial charge in [0.25, 0.3) is 11.8 Å². The fourth-order valence-electron chi connectivity index (χ4n) is 4.95. The summed E-state index contributed by atoms with van der Waals surface area (Å²) in [4.78, 5) is 42.0. The SMILES string of the molecule is CC1C=CC(C)(O)C2CN1C(=O)c1c(OCc3ccccc3)c(=O)c(C(=O)NCc3c(F)cc(F)cc3F)cn12. The Kier molecular flexibility index (Phi) is 7.01. The highest BCUT2D eigenvalue weighted by atomic mass is 19.1. The molecular formula is C29H26F3N3O5. The van der Waals surface area contributed by atoms with E-state index in [1.54, 1.807) is 56.3 Å². The van der Waals surface area contributed by atoms with Gasteiger partial charge in [-0.15, -0.1) is 0 Å². The zero-order chi connectivity index (χ0) is 28.8. The van der Waals surface area contributed by atoms with Crippen LogP contribution in [0.5, 0.6) is 5.75 Å². The number of carbonyl (C=O) groups excluding carboxylic acids is 2.